The Kier molecular flexibility index (Phi) is 11.6. The van der Waals surface area contributed by atoms with Gasteiger partial charge in [-0.2, -0.15) is 0 Å². The van der Waals surface area contributed by atoms with Gasteiger partial charge in [-0.05, 0) is 102 Å². The number of nitrogens with one attached hydrogen (secondary N) is 2. The Morgan fingerprint density at radius 1 is 0.846 bits per heavy atom. The Labute approximate surface area is 236 Å². The standard InChI is InChI=1S/C33H50N4O2/c1-7-37(6,24-30(38)34-31-25(2)16-14-17-26(31)3)23-13-9-12-22-36-21-11-8-10-20-29(36)33(39)35-32-27(4)18-15-19-28(32)5/h14-19,29H,7-13,20-24H2,1-6H3,(H-,34,35,38,39)/p+1. The van der Waals surface area contributed by atoms with E-state index >= 15 is 0 Å². The average Bonchev–Trinajstić information content (AvgIpc) is 3.14. The molecule has 214 valence electrons. The maximum Gasteiger partial charge on any atom is 0.279 e. The number of likely N-dealkylation sites (tertiary alicyclic amines) is 1. The number of amides is 2. The van der Waals surface area contributed by atoms with Gasteiger partial charge in [-0.25, -0.2) is 0 Å². The molecule has 1 aliphatic heterocycles. The minimum Gasteiger partial charge on any atom is -0.324 e. The Balaban J connectivity index is 1.49. The van der Waals surface area contributed by atoms with E-state index in [1.165, 1.54) is 6.42 Å². The molecule has 0 saturated carbocycles. The summed E-state index contributed by atoms with van der Waals surface area (Å²) in [4.78, 5) is 28.7. The van der Waals surface area contributed by atoms with E-state index in [9.17, 15) is 9.59 Å². The van der Waals surface area contributed by atoms with Crippen LogP contribution in [0.1, 0.15) is 74.1 Å². The first-order chi connectivity index (χ1) is 18.6. The van der Waals surface area contributed by atoms with Gasteiger partial charge in [0.25, 0.3) is 5.91 Å². The van der Waals surface area contributed by atoms with Crippen molar-refractivity contribution in [2.45, 2.75) is 85.6 Å². The third-order valence-corrected chi connectivity index (χ3v) is 8.57. The lowest BCUT2D eigenvalue weighted by molar-refractivity contribution is -0.900. The molecule has 1 fully saturated rings. The minimum absolute atomic E-state index is 0.0585. The highest BCUT2D eigenvalue weighted by molar-refractivity contribution is 5.96. The zero-order valence-electron chi connectivity index (χ0n) is 25.2. The lowest BCUT2D eigenvalue weighted by Gasteiger charge is -2.33. The Morgan fingerprint density at radius 3 is 2.03 bits per heavy atom. The van der Waals surface area contributed by atoms with Crippen LogP contribution in [0.4, 0.5) is 11.4 Å². The molecule has 1 heterocycles. The van der Waals surface area contributed by atoms with E-state index in [0.717, 1.165) is 103 Å². The second-order valence-corrected chi connectivity index (χ2v) is 11.9. The van der Waals surface area contributed by atoms with E-state index in [1.807, 2.05) is 38.1 Å². The van der Waals surface area contributed by atoms with Crippen LogP contribution in [0.25, 0.3) is 0 Å². The van der Waals surface area contributed by atoms with Gasteiger partial charge in [0.15, 0.2) is 6.54 Å². The molecule has 2 N–H and O–H groups in total. The smallest absolute Gasteiger partial charge is 0.279 e. The minimum atomic E-state index is -0.0585. The zero-order valence-corrected chi connectivity index (χ0v) is 25.2. The van der Waals surface area contributed by atoms with Crippen molar-refractivity contribution in [3.63, 3.8) is 0 Å². The predicted molar refractivity (Wildman–Crippen MR) is 163 cm³/mol. The van der Waals surface area contributed by atoms with Crippen molar-refractivity contribution >= 4 is 23.2 Å². The molecule has 39 heavy (non-hydrogen) atoms. The molecule has 0 aliphatic carbocycles. The molecule has 6 heteroatoms. The van der Waals surface area contributed by atoms with Crippen LogP contribution in [0, 0.1) is 27.7 Å². The SMILES string of the molecule is CC[N+](C)(CCCCCN1CCCCCC1C(=O)Nc1c(C)cccc1C)CC(=O)Nc1c(C)cccc1C. The van der Waals surface area contributed by atoms with Crippen LogP contribution >= 0.6 is 0 Å². The fourth-order valence-electron chi connectivity index (χ4n) is 5.82. The predicted octanol–water partition coefficient (Wildman–Crippen LogP) is 6.38. The van der Waals surface area contributed by atoms with Gasteiger partial charge < -0.3 is 15.1 Å². The summed E-state index contributed by atoms with van der Waals surface area (Å²) in [5.74, 6) is 0.221. The Bertz CT molecular complexity index is 1070. The summed E-state index contributed by atoms with van der Waals surface area (Å²) in [5, 5.41) is 6.42. The van der Waals surface area contributed by atoms with E-state index in [2.05, 4.69) is 55.5 Å². The fourth-order valence-corrected chi connectivity index (χ4v) is 5.82. The van der Waals surface area contributed by atoms with Gasteiger partial charge in [0.1, 0.15) is 0 Å². The van der Waals surface area contributed by atoms with Crippen LogP contribution < -0.4 is 10.6 Å². The second kappa shape index (κ2) is 14.6. The Hall–Kier alpha value is -2.70. The quantitative estimate of drug-likeness (QED) is 0.245. The number of anilines is 2. The number of aryl methyl sites for hydroxylation is 4. The van der Waals surface area contributed by atoms with Crippen molar-refractivity contribution in [3.05, 3.63) is 58.7 Å². The second-order valence-electron chi connectivity index (χ2n) is 11.9. The number of nitrogens with zero attached hydrogens (tertiary/aromatic N) is 2. The van der Waals surface area contributed by atoms with Gasteiger partial charge in [-0.3, -0.25) is 14.5 Å². The number of benzene rings is 2. The first-order valence-corrected chi connectivity index (χ1v) is 14.9. The van der Waals surface area contributed by atoms with Crippen LogP contribution in [0.15, 0.2) is 36.4 Å². The van der Waals surface area contributed by atoms with Crippen molar-refractivity contribution < 1.29 is 14.1 Å². The van der Waals surface area contributed by atoms with Crippen molar-refractivity contribution in [2.75, 3.05) is 50.4 Å². The van der Waals surface area contributed by atoms with E-state index in [4.69, 9.17) is 0 Å². The molecule has 1 saturated heterocycles. The van der Waals surface area contributed by atoms with Gasteiger partial charge in [0, 0.05) is 11.4 Å². The lowest BCUT2D eigenvalue weighted by Crippen LogP contribution is -2.49. The van der Waals surface area contributed by atoms with E-state index < -0.39 is 0 Å². The molecule has 1 aliphatic rings. The number of carbonyl (C=O) groups is 2. The molecule has 2 unspecified atom stereocenters. The lowest BCUT2D eigenvalue weighted by atomic mass is 10.1. The highest BCUT2D eigenvalue weighted by Gasteiger charge is 2.28. The average molecular weight is 536 g/mol. The first kappa shape index (κ1) is 30.8. The number of rotatable bonds is 12. The summed E-state index contributed by atoms with van der Waals surface area (Å²) in [6.07, 6.45) is 7.65. The summed E-state index contributed by atoms with van der Waals surface area (Å²) in [6, 6.07) is 12.2. The summed E-state index contributed by atoms with van der Waals surface area (Å²) < 4.78 is 0.737. The third-order valence-electron chi connectivity index (χ3n) is 8.57. The molecule has 2 amide bonds. The third kappa shape index (κ3) is 8.91. The normalized spacial score (nSPS) is 17.7. The molecular formula is C33H51N4O2+. The van der Waals surface area contributed by atoms with Crippen molar-refractivity contribution in [1.29, 1.82) is 0 Å². The summed E-state index contributed by atoms with van der Waals surface area (Å²) in [5.41, 5.74) is 6.34. The van der Waals surface area contributed by atoms with E-state index in [1.54, 1.807) is 0 Å². The van der Waals surface area contributed by atoms with Crippen molar-refractivity contribution in [2.24, 2.45) is 0 Å². The molecule has 3 rings (SSSR count). The molecular weight excluding hydrogens is 484 g/mol. The maximum atomic E-state index is 13.4. The highest BCUT2D eigenvalue weighted by Crippen LogP contribution is 2.24. The molecule has 0 spiro atoms. The molecule has 6 nitrogen and oxygen atoms in total. The first-order valence-electron chi connectivity index (χ1n) is 14.9. The number of carbonyl (C=O) groups excluding carboxylic acids is 2. The van der Waals surface area contributed by atoms with Gasteiger partial charge in [0.2, 0.25) is 5.91 Å². The monoisotopic (exact) mass is 535 g/mol. The van der Waals surface area contributed by atoms with E-state index in [0.29, 0.717) is 6.54 Å². The molecule has 0 radical (unpaired) electrons. The van der Waals surface area contributed by atoms with Gasteiger partial charge in [-0.15, -0.1) is 0 Å². The van der Waals surface area contributed by atoms with E-state index in [-0.39, 0.29) is 17.9 Å². The van der Waals surface area contributed by atoms with Crippen molar-refractivity contribution in [3.8, 4) is 0 Å². The summed E-state index contributed by atoms with van der Waals surface area (Å²) >= 11 is 0. The van der Waals surface area contributed by atoms with Gasteiger partial charge >= 0.3 is 0 Å². The topological polar surface area (TPSA) is 61.4 Å². The Morgan fingerprint density at radius 2 is 1.44 bits per heavy atom. The van der Waals surface area contributed by atoms with Gasteiger partial charge in [0.05, 0.1) is 26.2 Å². The maximum absolute atomic E-state index is 13.4. The summed E-state index contributed by atoms with van der Waals surface area (Å²) in [6.45, 7) is 14.7. The number of likely N-dealkylation sites (N-methyl/N-ethyl adjacent to an activating group) is 1. The van der Waals surface area contributed by atoms with Crippen molar-refractivity contribution in [1.82, 2.24) is 4.90 Å². The van der Waals surface area contributed by atoms with Crippen LogP contribution in [-0.2, 0) is 9.59 Å². The van der Waals surface area contributed by atoms with Gasteiger partial charge in [-0.1, -0.05) is 49.2 Å². The van der Waals surface area contributed by atoms with Crippen LogP contribution in [-0.4, -0.2) is 67.0 Å². The zero-order chi connectivity index (χ0) is 28.4. The summed E-state index contributed by atoms with van der Waals surface area (Å²) in [7, 11) is 2.19. The number of hydrogen-bond acceptors (Lipinski definition) is 3. The molecule has 2 aromatic rings. The highest BCUT2D eigenvalue weighted by atomic mass is 16.2. The fraction of sp³-hybridized carbons (Fsp3) is 0.576. The molecule has 2 aromatic carbocycles. The number of para-hydroxylation sites is 2. The molecule has 0 bridgehead atoms. The largest absolute Gasteiger partial charge is 0.324 e. The van der Waals surface area contributed by atoms with Crippen LogP contribution in [0.2, 0.25) is 0 Å². The molecule has 0 aromatic heterocycles. The van der Waals surface area contributed by atoms with Crippen LogP contribution in [0.3, 0.4) is 0 Å². The molecule has 2 atom stereocenters. The number of unbranched alkanes of at least 4 members (excludes halogenated alkanes) is 2. The number of hydrogen-bond donors (Lipinski definition) is 2. The van der Waals surface area contributed by atoms with Crippen LogP contribution in [0.5, 0.6) is 0 Å². The number of quaternary nitrogens is 1.